The highest BCUT2D eigenvalue weighted by atomic mass is 19.4. The summed E-state index contributed by atoms with van der Waals surface area (Å²) in [6.07, 6.45) is -4.67. The molecule has 150 valence electrons. The molecule has 0 saturated carbocycles. The molecule has 0 heterocycles. The van der Waals surface area contributed by atoms with Crippen molar-refractivity contribution in [1.29, 1.82) is 0 Å². The first-order valence-corrected chi connectivity index (χ1v) is 8.46. The number of nitro benzene ring substituents is 1. The Morgan fingerprint density at radius 3 is 2.21 bits per heavy atom. The first-order chi connectivity index (χ1) is 13.0. The van der Waals surface area contributed by atoms with Gasteiger partial charge in [-0.3, -0.25) is 14.9 Å². The molecule has 0 aliphatic heterocycles. The van der Waals surface area contributed by atoms with E-state index in [1.165, 1.54) is 0 Å². The Morgan fingerprint density at radius 2 is 1.68 bits per heavy atom. The summed E-state index contributed by atoms with van der Waals surface area (Å²) in [5.41, 5.74) is 1.46. The molecule has 0 aliphatic carbocycles. The Balaban J connectivity index is 2.02. The molecular weight excluding hydrogens is 375 g/mol. The van der Waals surface area contributed by atoms with Crippen LogP contribution in [0.15, 0.2) is 30.3 Å². The molecule has 0 saturated heterocycles. The zero-order chi connectivity index (χ0) is 21.1. The molecule has 0 bridgehead atoms. The van der Waals surface area contributed by atoms with Gasteiger partial charge in [0.25, 0.3) is 11.6 Å². The molecule has 2 aromatic rings. The third-order valence-corrected chi connectivity index (χ3v) is 4.15. The van der Waals surface area contributed by atoms with E-state index in [9.17, 15) is 28.1 Å². The zero-order valence-corrected chi connectivity index (χ0v) is 15.6. The lowest BCUT2D eigenvalue weighted by molar-refractivity contribution is -0.384. The monoisotopic (exact) mass is 395 g/mol. The quantitative estimate of drug-likeness (QED) is 0.432. The molecule has 0 unspecified atom stereocenters. The van der Waals surface area contributed by atoms with Gasteiger partial charge < -0.3 is 10.6 Å². The average molecular weight is 395 g/mol. The molecule has 1 amide bonds. The van der Waals surface area contributed by atoms with E-state index < -0.39 is 22.4 Å². The lowest BCUT2D eigenvalue weighted by Crippen LogP contribution is -2.30. The number of alkyl halides is 3. The average Bonchev–Trinajstić information content (AvgIpc) is 2.56. The second kappa shape index (κ2) is 8.28. The molecule has 0 aromatic heterocycles. The number of amides is 1. The summed E-state index contributed by atoms with van der Waals surface area (Å²) in [4.78, 5) is 22.5. The Kier molecular flexibility index (Phi) is 6.27. The topological polar surface area (TPSA) is 84.3 Å². The van der Waals surface area contributed by atoms with Gasteiger partial charge in [0.1, 0.15) is 5.69 Å². The first-order valence-electron chi connectivity index (χ1n) is 8.46. The lowest BCUT2D eigenvalue weighted by atomic mass is 9.99. The van der Waals surface area contributed by atoms with Crippen LogP contribution in [0.5, 0.6) is 0 Å². The largest absolute Gasteiger partial charge is 0.416 e. The molecule has 0 fully saturated rings. The number of carbonyl (C=O) groups is 1. The summed E-state index contributed by atoms with van der Waals surface area (Å²) >= 11 is 0. The maximum absolute atomic E-state index is 12.7. The molecule has 28 heavy (non-hydrogen) atoms. The molecule has 2 aromatic carbocycles. The van der Waals surface area contributed by atoms with Gasteiger partial charge in [0.15, 0.2) is 0 Å². The van der Waals surface area contributed by atoms with Crippen molar-refractivity contribution in [2.24, 2.45) is 0 Å². The molecule has 2 rings (SSSR count). The fourth-order valence-corrected chi connectivity index (χ4v) is 3.01. The summed E-state index contributed by atoms with van der Waals surface area (Å²) in [7, 11) is 0. The van der Waals surface area contributed by atoms with Crippen molar-refractivity contribution in [3.63, 3.8) is 0 Å². The molecule has 9 heteroatoms. The second-order valence-corrected chi connectivity index (χ2v) is 6.44. The Bertz CT molecular complexity index is 888. The molecule has 6 nitrogen and oxygen atoms in total. The van der Waals surface area contributed by atoms with E-state index in [-0.39, 0.29) is 24.7 Å². The van der Waals surface area contributed by atoms with Crippen LogP contribution < -0.4 is 10.6 Å². The van der Waals surface area contributed by atoms with E-state index in [2.05, 4.69) is 10.6 Å². The number of carbonyl (C=O) groups excluding carboxylic acids is 1. The van der Waals surface area contributed by atoms with Crippen molar-refractivity contribution < 1.29 is 22.9 Å². The Labute approximate surface area is 159 Å². The summed E-state index contributed by atoms with van der Waals surface area (Å²) in [6, 6.07) is 6.06. The standard InChI is InChI=1S/C19H20F3N3O3/c1-11-8-12(2)17(13(3)9-11)18(26)24-7-6-23-15-5-4-14(19(20,21)22)10-16(15)25(27)28/h4-5,8-10,23H,6-7H2,1-3H3,(H,24,26). The summed E-state index contributed by atoms with van der Waals surface area (Å²) in [5.74, 6) is -0.279. The highest BCUT2D eigenvalue weighted by molar-refractivity contribution is 5.97. The third kappa shape index (κ3) is 4.99. The zero-order valence-electron chi connectivity index (χ0n) is 15.6. The van der Waals surface area contributed by atoms with Gasteiger partial charge in [-0.15, -0.1) is 0 Å². The maximum Gasteiger partial charge on any atom is 0.416 e. The Morgan fingerprint density at radius 1 is 1.07 bits per heavy atom. The van der Waals surface area contributed by atoms with Gasteiger partial charge in [0.05, 0.1) is 10.5 Å². The number of nitrogens with one attached hydrogen (secondary N) is 2. The van der Waals surface area contributed by atoms with Crippen LogP contribution in [0.4, 0.5) is 24.5 Å². The minimum absolute atomic E-state index is 0.0463. The van der Waals surface area contributed by atoms with E-state index in [0.29, 0.717) is 11.6 Å². The fraction of sp³-hybridized carbons (Fsp3) is 0.316. The van der Waals surface area contributed by atoms with Crippen molar-refractivity contribution in [2.75, 3.05) is 18.4 Å². The third-order valence-electron chi connectivity index (χ3n) is 4.15. The van der Waals surface area contributed by atoms with Crippen molar-refractivity contribution in [3.05, 3.63) is 68.3 Å². The van der Waals surface area contributed by atoms with Gasteiger partial charge >= 0.3 is 6.18 Å². The number of rotatable bonds is 6. The van der Waals surface area contributed by atoms with Crippen LogP contribution >= 0.6 is 0 Å². The van der Waals surface area contributed by atoms with Gasteiger partial charge in [-0.05, 0) is 44.0 Å². The molecule has 0 spiro atoms. The van der Waals surface area contributed by atoms with Crippen LogP contribution in [-0.4, -0.2) is 23.9 Å². The van der Waals surface area contributed by atoms with Crippen molar-refractivity contribution >= 4 is 17.3 Å². The number of halogens is 3. The smallest absolute Gasteiger partial charge is 0.378 e. The molecule has 0 atom stereocenters. The number of hydrogen-bond donors (Lipinski definition) is 2. The van der Waals surface area contributed by atoms with Crippen LogP contribution in [0.3, 0.4) is 0 Å². The van der Waals surface area contributed by atoms with Crippen LogP contribution in [0, 0.1) is 30.9 Å². The van der Waals surface area contributed by atoms with E-state index in [1.807, 2.05) is 32.9 Å². The van der Waals surface area contributed by atoms with E-state index in [0.717, 1.165) is 28.8 Å². The van der Waals surface area contributed by atoms with Gasteiger partial charge in [-0.1, -0.05) is 17.7 Å². The van der Waals surface area contributed by atoms with E-state index in [4.69, 9.17) is 0 Å². The SMILES string of the molecule is Cc1cc(C)c(C(=O)NCCNc2ccc(C(F)(F)F)cc2[N+](=O)[O-])c(C)c1. The Hall–Kier alpha value is -3.10. The van der Waals surface area contributed by atoms with Gasteiger partial charge in [0, 0.05) is 24.7 Å². The highest BCUT2D eigenvalue weighted by Crippen LogP contribution is 2.34. The summed E-state index contributed by atoms with van der Waals surface area (Å²) < 4.78 is 38.2. The lowest BCUT2D eigenvalue weighted by Gasteiger charge is -2.13. The molecular formula is C19H20F3N3O3. The van der Waals surface area contributed by atoms with Crippen molar-refractivity contribution in [2.45, 2.75) is 26.9 Å². The van der Waals surface area contributed by atoms with Crippen molar-refractivity contribution in [3.8, 4) is 0 Å². The number of benzene rings is 2. The second-order valence-electron chi connectivity index (χ2n) is 6.44. The fourth-order valence-electron chi connectivity index (χ4n) is 3.01. The van der Waals surface area contributed by atoms with E-state index in [1.54, 1.807) is 0 Å². The molecule has 0 radical (unpaired) electrons. The predicted octanol–water partition coefficient (Wildman–Crippen LogP) is 4.38. The minimum atomic E-state index is -4.67. The molecule has 0 aliphatic rings. The summed E-state index contributed by atoms with van der Waals surface area (Å²) in [6.45, 7) is 5.85. The van der Waals surface area contributed by atoms with Gasteiger partial charge in [0.2, 0.25) is 0 Å². The minimum Gasteiger partial charge on any atom is -0.378 e. The van der Waals surface area contributed by atoms with Gasteiger partial charge in [-0.2, -0.15) is 13.2 Å². The van der Waals surface area contributed by atoms with Crippen LogP contribution in [-0.2, 0) is 6.18 Å². The highest BCUT2D eigenvalue weighted by Gasteiger charge is 2.33. The number of hydrogen-bond acceptors (Lipinski definition) is 4. The van der Waals surface area contributed by atoms with Crippen LogP contribution in [0.1, 0.15) is 32.6 Å². The van der Waals surface area contributed by atoms with Crippen LogP contribution in [0.25, 0.3) is 0 Å². The number of nitrogens with zero attached hydrogens (tertiary/aromatic N) is 1. The predicted molar refractivity (Wildman–Crippen MR) is 99.6 cm³/mol. The first kappa shape index (κ1) is 21.2. The number of aryl methyl sites for hydroxylation is 3. The van der Waals surface area contributed by atoms with E-state index >= 15 is 0 Å². The van der Waals surface area contributed by atoms with Crippen molar-refractivity contribution in [1.82, 2.24) is 5.32 Å². The normalized spacial score (nSPS) is 11.2. The van der Waals surface area contributed by atoms with Crippen LogP contribution in [0.2, 0.25) is 0 Å². The number of anilines is 1. The number of nitro groups is 1. The van der Waals surface area contributed by atoms with Gasteiger partial charge in [-0.25, -0.2) is 0 Å². The molecule has 2 N–H and O–H groups in total. The summed E-state index contributed by atoms with van der Waals surface area (Å²) in [5, 5.41) is 16.5. The maximum atomic E-state index is 12.7.